The summed E-state index contributed by atoms with van der Waals surface area (Å²) in [5.74, 6) is 0.379. The number of hydrogen-bond donors (Lipinski definition) is 1. The SMILES string of the molecule is COc1cc(C)nc(NS(=O)(=O)CC(C)CCl)n1. The van der Waals surface area contributed by atoms with Gasteiger partial charge >= 0.3 is 0 Å². The molecule has 0 aliphatic carbocycles. The van der Waals surface area contributed by atoms with Gasteiger partial charge in [-0.2, -0.15) is 4.98 Å². The van der Waals surface area contributed by atoms with Gasteiger partial charge in [0.15, 0.2) is 0 Å². The lowest BCUT2D eigenvalue weighted by molar-refractivity contribution is 0.397. The third-order valence-corrected chi connectivity index (χ3v) is 4.08. The van der Waals surface area contributed by atoms with Crippen LogP contribution < -0.4 is 9.46 Å². The average molecular weight is 294 g/mol. The molecule has 0 saturated carbocycles. The summed E-state index contributed by atoms with van der Waals surface area (Å²) >= 11 is 5.59. The number of halogens is 1. The molecule has 0 aliphatic heterocycles. The minimum atomic E-state index is -3.50. The number of nitrogens with one attached hydrogen (secondary N) is 1. The van der Waals surface area contributed by atoms with Crippen molar-refractivity contribution in [2.75, 3.05) is 23.5 Å². The first-order valence-electron chi connectivity index (χ1n) is 5.32. The lowest BCUT2D eigenvalue weighted by Gasteiger charge is -2.10. The molecule has 1 unspecified atom stereocenters. The Morgan fingerprint density at radius 1 is 1.50 bits per heavy atom. The summed E-state index contributed by atoms with van der Waals surface area (Å²) in [6.07, 6.45) is 0. The molecule has 1 heterocycles. The standard InChI is InChI=1S/C10H16ClN3O3S/c1-7(5-11)6-18(15,16)14-10-12-8(2)4-9(13-10)17-3/h4,7H,5-6H2,1-3H3,(H,12,13,14). The van der Waals surface area contributed by atoms with Gasteiger partial charge < -0.3 is 4.74 Å². The van der Waals surface area contributed by atoms with E-state index in [0.29, 0.717) is 11.6 Å². The maximum absolute atomic E-state index is 11.8. The zero-order chi connectivity index (χ0) is 13.8. The van der Waals surface area contributed by atoms with Crippen molar-refractivity contribution in [1.29, 1.82) is 0 Å². The molecule has 0 spiro atoms. The molecule has 0 bridgehead atoms. The first kappa shape index (κ1) is 15.0. The molecule has 0 aliphatic rings. The van der Waals surface area contributed by atoms with Gasteiger partial charge in [0.25, 0.3) is 0 Å². The van der Waals surface area contributed by atoms with E-state index in [1.54, 1.807) is 19.9 Å². The first-order chi connectivity index (χ1) is 8.36. The van der Waals surface area contributed by atoms with Crippen molar-refractivity contribution in [3.8, 4) is 5.88 Å². The number of anilines is 1. The van der Waals surface area contributed by atoms with Crippen LogP contribution in [-0.2, 0) is 10.0 Å². The van der Waals surface area contributed by atoms with Gasteiger partial charge in [-0.25, -0.2) is 13.4 Å². The molecule has 1 N–H and O–H groups in total. The Hall–Kier alpha value is -1.08. The van der Waals surface area contributed by atoms with Crippen LogP contribution in [0.5, 0.6) is 5.88 Å². The molecule has 1 aromatic rings. The lowest BCUT2D eigenvalue weighted by atomic mass is 10.3. The number of methoxy groups -OCH3 is 1. The van der Waals surface area contributed by atoms with E-state index in [1.807, 2.05) is 0 Å². The minimum absolute atomic E-state index is 0.00798. The van der Waals surface area contributed by atoms with Gasteiger partial charge in [-0.15, -0.1) is 11.6 Å². The van der Waals surface area contributed by atoms with E-state index in [1.165, 1.54) is 7.11 Å². The van der Waals surface area contributed by atoms with Gasteiger partial charge in [0, 0.05) is 17.6 Å². The van der Waals surface area contributed by atoms with E-state index < -0.39 is 10.0 Å². The van der Waals surface area contributed by atoms with Crippen LogP contribution in [0, 0.1) is 12.8 Å². The van der Waals surface area contributed by atoms with Crippen LogP contribution in [0.3, 0.4) is 0 Å². The van der Waals surface area contributed by atoms with Crippen molar-refractivity contribution in [2.45, 2.75) is 13.8 Å². The number of ether oxygens (including phenoxy) is 1. The number of hydrogen-bond acceptors (Lipinski definition) is 5. The summed E-state index contributed by atoms with van der Waals surface area (Å²) in [4.78, 5) is 7.90. The lowest BCUT2D eigenvalue weighted by Crippen LogP contribution is -2.23. The predicted molar refractivity (Wildman–Crippen MR) is 70.6 cm³/mol. The van der Waals surface area contributed by atoms with E-state index >= 15 is 0 Å². The van der Waals surface area contributed by atoms with Gasteiger partial charge in [0.1, 0.15) is 0 Å². The highest BCUT2D eigenvalue weighted by Gasteiger charge is 2.17. The molecule has 102 valence electrons. The second-order valence-electron chi connectivity index (χ2n) is 4.02. The maximum atomic E-state index is 11.8. The summed E-state index contributed by atoms with van der Waals surface area (Å²) < 4.78 is 30.8. The quantitative estimate of drug-likeness (QED) is 0.802. The molecular formula is C10H16ClN3O3S. The summed E-state index contributed by atoms with van der Waals surface area (Å²) in [5, 5.41) is 0. The second kappa shape index (κ2) is 6.19. The number of alkyl halides is 1. The fourth-order valence-corrected chi connectivity index (χ4v) is 2.85. The number of rotatable bonds is 6. The van der Waals surface area contributed by atoms with Crippen LogP contribution in [0.15, 0.2) is 6.07 Å². The zero-order valence-electron chi connectivity index (χ0n) is 10.5. The average Bonchev–Trinajstić information content (AvgIpc) is 2.26. The van der Waals surface area contributed by atoms with Crippen LogP contribution in [0.25, 0.3) is 0 Å². The van der Waals surface area contributed by atoms with Crippen molar-refractivity contribution >= 4 is 27.6 Å². The van der Waals surface area contributed by atoms with Crippen molar-refractivity contribution in [3.05, 3.63) is 11.8 Å². The molecular weight excluding hydrogens is 278 g/mol. The van der Waals surface area contributed by atoms with Crippen LogP contribution in [0.4, 0.5) is 5.95 Å². The van der Waals surface area contributed by atoms with E-state index in [4.69, 9.17) is 16.3 Å². The summed E-state index contributed by atoms with van der Waals surface area (Å²) in [6.45, 7) is 3.48. The molecule has 8 heteroatoms. The van der Waals surface area contributed by atoms with Crippen molar-refractivity contribution in [1.82, 2.24) is 9.97 Å². The molecule has 0 saturated heterocycles. The third kappa shape index (κ3) is 4.66. The molecule has 0 fully saturated rings. The monoisotopic (exact) mass is 293 g/mol. The molecule has 0 amide bonds. The van der Waals surface area contributed by atoms with E-state index in [-0.39, 0.29) is 23.5 Å². The highest BCUT2D eigenvalue weighted by atomic mass is 35.5. The van der Waals surface area contributed by atoms with Crippen LogP contribution >= 0.6 is 11.6 Å². The fourth-order valence-electron chi connectivity index (χ4n) is 1.29. The molecule has 6 nitrogen and oxygen atoms in total. The summed E-state index contributed by atoms with van der Waals surface area (Å²) in [7, 11) is -2.05. The Kier molecular flexibility index (Phi) is 5.15. The highest BCUT2D eigenvalue weighted by Crippen LogP contribution is 2.13. The van der Waals surface area contributed by atoms with E-state index in [9.17, 15) is 8.42 Å². The topological polar surface area (TPSA) is 81.2 Å². The predicted octanol–water partition coefficient (Wildman–Crippen LogP) is 1.41. The fraction of sp³-hybridized carbons (Fsp3) is 0.600. The number of nitrogens with zero attached hydrogens (tertiary/aromatic N) is 2. The van der Waals surface area contributed by atoms with E-state index in [0.717, 1.165) is 0 Å². The van der Waals surface area contributed by atoms with Crippen molar-refractivity contribution in [2.24, 2.45) is 5.92 Å². The van der Waals surface area contributed by atoms with Crippen LogP contribution in [0.2, 0.25) is 0 Å². The normalized spacial score (nSPS) is 13.1. The second-order valence-corrected chi connectivity index (χ2v) is 6.09. The van der Waals surface area contributed by atoms with Gasteiger partial charge in [-0.3, -0.25) is 4.72 Å². The van der Waals surface area contributed by atoms with Gasteiger partial charge in [0.2, 0.25) is 21.9 Å². The van der Waals surface area contributed by atoms with Crippen molar-refractivity contribution < 1.29 is 13.2 Å². The Balaban J connectivity index is 2.87. The summed E-state index contributed by atoms with van der Waals surface area (Å²) in [5.41, 5.74) is 0.616. The van der Waals surface area contributed by atoms with Crippen LogP contribution in [-0.4, -0.2) is 37.1 Å². The van der Waals surface area contributed by atoms with Crippen molar-refractivity contribution in [3.63, 3.8) is 0 Å². The van der Waals surface area contributed by atoms with Gasteiger partial charge in [-0.05, 0) is 12.8 Å². The molecule has 1 aromatic heterocycles. The zero-order valence-corrected chi connectivity index (χ0v) is 12.0. The Morgan fingerprint density at radius 3 is 2.72 bits per heavy atom. The third-order valence-electron chi connectivity index (χ3n) is 2.05. The Morgan fingerprint density at radius 2 is 2.17 bits per heavy atom. The molecule has 1 atom stereocenters. The van der Waals surface area contributed by atoms with E-state index in [2.05, 4.69) is 14.7 Å². The smallest absolute Gasteiger partial charge is 0.240 e. The molecule has 18 heavy (non-hydrogen) atoms. The number of sulfonamides is 1. The molecule has 1 rings (SSSR count). The largest absolute Gasteiger partial charge is 0.481 e. The first-order valence-corrected chi connectivity index (χ1v) is 7.51. The molecule has 0 radical (unpaired) electrons. The number of aromatic nitrogens is 2. The Bertz CT molecular complexity index is 507. The maximum Gasteiger partial charge on any atom is 0.240 e. The summed E-state index contributed by atoms with van der Waals surface area (Å²) in [6, 6.07) is 1.61. The number of aryl methyl sites for hydroxylation is 1. The molecule has 0 aromatic carbocycles. The minimum Gasteiger partial charge on any atom is -0.481 e. The van der Waals surface area contributed by atoms with Gasteiger partial charge in [-0.1, -0.05) is 6.92 Å². The van der Waals surface area contributed by atoms with Gasteiger partial charge in [0.05, 0.1) is 12.9 Å². The van der Waals surface area contributed by atoms with Crippen LogP contribution in [0.1, 0.15) is 12.6 Å². The Labute approximate surface area is 112 Å². The highest BCUT2D eigenvalue weighted by molar-refractivity contribution is 7.92.